The van der Waals surface area contributed by atoms with E-state index in [2.05, 4.69) is 43.2 Å². The SMILES string of the molecule is CCNC(=NCc1ccc(OC)cc1OC)NC1CN(C(C)C)CC1C. The summed E-state index contributed by atoms with van der Waals surface area (Å²) in [7, 11) is 3.33. The quantitative estimate of drug-likeness (QED) is 0.576. The molecule has 2 rings (SSSR count). The molecule has 2 N–H and O–H groups in total. The maximum Gasteiger partial charge on any atom is 0.191 e. The van der Waals surface area contributed by atoms with E-state index >= 15 is 0 Å². The van der Waals surface area contributed by atoms with Crippen molar-refractivity contribution < 1.29 is 9.47 Å². The van der Waals surface area contributed by atoms with Crippen molar-refractivity contribution in [2.24, 2.45) is 10.9 Å². The highest BCUT2D eigenvalue weighted by molar-refractivity contribution is 5.80. The van der Waals surface area contributed by atoms with Crippen LogP contribution in [0.2, 0.25) is 0 Å². The van der Waals surface area contributed by atoms with Crippen molar-refractivity contribution in [1.29, 1.82) is 0 Å². The summed E-state index contributed by atoms with van der Waals surface area (Å²) in [5, 5.41) is 6.97. The number of nitrogens with one attached hydrogen (secondary N) is 2. The van der Waals surface area contributed by atoms with Gasteiger partial charge in [0.05, 0.1) is 20.8 Å². The maximum atomic E-state index is 5.47. The van der Waals surface area contributed by atoms with E-state index in [0.717, 1.165) is 42.7 Å². The van der Waals surface area contributed by atoms with E-state index in [0.29, 0.717) is 24.5 Å². The summed E-state index contributed by atoms with van der Waals surface area (Å²) in [5.41, 5.74) is 1.04. The molecule has 1 saturated heterocycles. The van der Waals surface area contributed by atoms with Crippen molar-refractivity contribution in [2.45, 2.75) is 46.3 Å². The normalized spacial score (nSPS) is 21.1. The first-order valence-electron chi connectivity index (χ1n) is 9.48. The predicted molar refractivity (Wildman–Crippen MR) is 107 cm³/mol. The number of benzene rings is 1. The molecule has 2 unspecified atom stereocenters. The van der Waals surface area contributed by atoms with Gasteiger partial charge >= 0.3 is 0 Å². The number of nitrogens with zero attached hydrogens (tertiary/aromatic N) is 2. The zero-order chi connectivity index (χ0) is 19.1. The third-order valence-corrected chi connectivity index (χ3v) is 4.94. The molecule has 26 heavy (non-hydrogen) atoms. The van der Waals surface area contributed by atoms with Crippen molar-refractivity contribution >= 4 is 5.96 Å². The van der Waals surface area contributed by atoms with Crippen LogP contribution in [0, 0.1) is 5.92 Å². The molecule has 1 aromatic carbocycles. The third-order valence-electron chi connectivity index (χ3n) is 4.94. The topological polar surface area (TPSA) is 58.1 Å². The predicted octanol–water partition coefficient (Wildman–Crippen LogP) is 2.49. The fourth-order valence-electron chi connectivity index (χ4n) is 3.26. The maximum absolute atomic E-state index is 5.47. The van der Waals surface area contributed by atoms with Gasteiger partial charge in [-0.1, -0.05) is 6.92 Å². The zero-order valence-electron chi connectivity index (χ0n) is 17.0. The monoisotopic (exact) mass is 362 g/mol. The molecule has 6 nitrogen and oxygen atoms in total. The highest BCUT2D eigenvalue weighted by Gasteiger charge is 2.31. The van der Waals surface area contributed by atoms with Gasteiger partial charge in [-0.15, -0.1) is 0 Å². The molecule has 146 valence electrons. The van der Waals surface area contributed by atoms with Crippen LogP contribution in [0.1, 0.15) is 33.3 Å². The average Bonchev–Trinajstić information content (AvgIpc) is 3.00. The Morgan fingerprint density at radius 2 is 2.04 bits per heavy atom. The van der Waals surface area contributed by atoms with Crippen molar-refractivity contribution in [1.82, 2.24) is 15.5 Å². The number of ether oxygens (including phenoxy) is 2. The van der Waals surface area contributed by atoms with Crippen LogP contribution in [0.15, 0.2) is 23.2 Å². The molecule has 1 aromatic rings. The summed E-state index contributed by atoms with van der Waals surface area (Å²) in [6.07, 6.45) is 0. The molecular weight excluding hydrogens is 328 g/mol. The van der Waals surface area contributed by atoms with Crippen LogP contribution in [-0.4, -0.2) is 56.8 Å². The van der Waals surface area contributed by atoms with Crippen molar-refractivity contribution in [3.63, 3.8) is 0 Å². The van der Waals surface area contributed by atoms with Gasteiger partial charge in [-0.05, 0) is 38.8 Å². The highest BCUT2D eigenvalue weighted by atomic mass is 16.5. The summed E-state index contributed by atoms with van der Waals surface area (Å²) in [5.74, 6) is 3.03. The molecule has 1 aliphatic heterocycles. The number of guanidine groups is 1. The Morgan fingerprint density at radius 1 is 1.27 bits per heavy atom. The molecule has 0 spiro atoms. The molecular formula is C20H34N4O2. The fraction of sp³-hybridized carbons (Fsp3) is 0.650. The lowest BCUT2D eigenvalue weighted by Gasteiger charge is -2.22. The molecule has 1 aliphatic rings. The molecule has 0 radical (unpaired) electrons. The van der Waals surface area contributed by atoms with Crippen LogP contribution < -0.4 is 20.1 Å². The number of aliphatic imine (C=N–C) groups is 1. The van der Waals surface area contributed by atoms with Gasteiger partial charge in [-0.2, -0.15) is 0 Å². The molecule has 0 saturated carbocycles. The largest absolute Gasteiger partial charge is 0.497 e. The standard InChI is InChI=1S/C20H34N4O2/c1-7-21-20(23-18-13-24(14(2)3)12-15(18)4)22-11-16-8-9-17(25-5)10-19(16)26-6/h8-10,14-15,18H,7,11-13H2,1-6H3,(H2,21,22,23). The van der Waals surface area contributed by atoms with E-state index in [1.54, 1.807) is 14.2 Å². The van der Waals surface area contributed by atoms with Crippen molar-refractivity contribution in [3.05, 3.63) is 23.8 Å². The number of methoxy groups -OCH3 is 2. The number of rotatable bonds is 7. The smallest absolute Gasteiger partial charge is 0.191 e. The minimum atomic E-state index is 0.410. The minimum absolute atomic E-state index is 0.410. The minimum Gasteiger partial charge on any atom is -0.497 e. The Labute approximate surface area is 158 Å². The van der Waals surface area contributed by atoms with E-state index < -0.39 is 0 Å². The lowest BCUT2D eigenvalue weighted by atomic mass is 10.1. The van der Waals surface area contributed by atoms with Gasteiger partial charge in [0, 0.05) is 43.3 Å². The van der Waals surface area contributed by atoms with Crippen LogP contribution in [0.4, 0.5) is 0 Å². The fourth-order valence-corrected chi connectivity index (χ4v) is 3.26. The van der Waals surface area contributed by atoms with E-state index in [9.17, 15) is 0 Å². The Balaban J connectivity index is 2.07. The second-order valence-electron chi connectivity index (χ2n) is 7.15. The Bertz CT molecular complexity index is 603. The summed E-state index contributed by atoms with van der Waals surface area (Å²) in [4.78, 5) is 7.28. The number of likely N-dealkylation sites (tertiary alicyclic amines) is 1. The first-order valence-corrected chi connectivity index (χ1v) is 9.48. The number of hydrogen-bond acceptors (Lipinski definition) is 4. The molecule has 0 aliphatic carbocycles. The van der Waals surface area contributed by atoms with Crippen LogP contribution in [0.3, 0.4) is 0 Å². The molecule has 0 aromatic heterocycles. The van der Waals surface area contributed by atoms with Gasteiger partial charge in [0.15, 0.2) is 5.96 Å². The van der Waals surface area contributed by atoms with E-state index in [4.69, 9.17) is 14.5 Å². The zero-order valence-corrected chi connectivity index (χ0v) is 17.0. The average molecular weight is 363 g/mol. The van der Waals surface area contributed by atoms with Crippen LogP contribution >= 0.6 is 0 Å². The molecule has 6 heteroatoms. The van der Waals surface area contributed by atoms with Crippen molar-refractivity contribution in [3.8, 4) is 11.5 Å². The summed E-state index contributed by atoms with van der Waals surface area (Å²) in [6, 6.07) is 6.82. The summed E-state index contributed by atoms with van der Waals surface area (Å²) >= 11 is 0. The van der Waals surface area contributed by atoms with Crippen LogP contribution in [0.5, 0.6) is 11.5 Å². The second-order valence-corrected chi connectivity index (χ2v) is 7.15. The molecule has 0 bridgehead atoms. The third kappa shape index (κ3) is 5.27. The Morgan fingerprint density at radius 3 is 2.62 bits per heavy atom. The van der Waals surface area contributed by atoms with Gasteiger partial charge in [-0.3, -0.25) is 4.90 Å². The van der Waals surface area contributed by atoms with Gasteiger partial charge in [0.1, 0.15) is 11.5 Å². The van der Waals surface area contributed by atoms with E-state index in [-0.39, 0.29) is 0 Å². The summed E-state index contributed by atoms with van der Waals surface area (Å²) < 4.78 is 10.7. The van der Waals surface area contributed by atoms with E-state index in [1.165, 1.54) is 0 Å². The van der Waals surface area contributed by atoms with E-state index in [1.807, 2.05) is 18.2 Å². The highest BCUT2D eigenvalue weighted by Crippen LogP contribution is 2.25. The van der Waals surface area contributed by atoms with Gasteiger partial charge in [0.25, 0.3) is 0 Å². The second kappa shape index (κ2) is 9.67. The van der Waals surface area contributed by atoms with Crippen LogP contribution in [0.25, 0.3) is 0 Å². The summed E-state index contributed by atoms with van der Waals surface area (Å²) in [6.45, 7) is 12.5. The van der Waals surface area contributed by atoms with Gasteiger partial charge in [-0.25, -0.2) is 4.99 Å². The van der Waals surface area contributed by atoms with Crippen molar-refractivity contribution in [2.75, 3.05) is 33.9 Å². The molecule has 1 fully saturated rings. The first-order chi connectivity index (χ1) is 12.5. The molecule has 2 atom stereocenters. The van der Waals surface area contributed by atoms with Crippen LogP contribution in [-0.2, 0) is 6.54 Å². The van der Waals surface area contributed by atoms with Gasteiger partial charge < -0.3 is 20.1 Å². The molecule has 0 amide bonds. The number of hydrogen-bond donors (Lipinski definition) is 2. The lowest BCUT2D eigenvalue weighted by molar-refractivity contribution is 0.265. The first kappa shape index (κ1) is 20.4. The van der Waals surface area contributed by atoms with Gasteiger partial charge in [0.2, 0.25) is 0 Å². The molecule has 1 heterocycles. The Kier molecular flexibility index (Phi) is 7.57. The Hall–Kier alpha value is -1.95. The lowest BCUT2D eigenvalue weighted by Crippen LogP contribution is -2.46.